The fourth-order valence-corrected chi connectivity index (χ4v) is 2.72. The van der Waals surface area contributed by atoms with Crippen LogP contribution in [-0.2, 0) is 0 Å². The van der Waals surface area contributed by atoms with Gasteiger partial charge in [-0.15, -0.1) is 0 Å². The summed E-state index contributed by atoms with van der Waals surface area (Å²) in [5.41, 5.74) is 2.27. The van der Waals surface area contributed by atoms with Crippen molar-refractivity contribution in [3.8, 4) is 0 Å². The third-order valence-corrected chi connectivity index (χ3v) is 4.32. The number of anilines is 1. The van der Waals surface area contributed by atoms with Crippen LogP contribution in [0.5, 0.6) is 0 Å². The number of halogens is 1. The van der Waals surface area contributed by atoms with Gasteiger partial charge in [-0.1, -0.05) is 22.0 Å². The molecule has 0 aliphatic carbocycles. The Morgan fingerprint density at radius 1 is 1.39 bits per heavy atom. The second-order valence-corrected chi connectivity index (χ2v) is 5.81. The van der Waals surface area contributed by atoms with Crippen LogP contribution in [0.3, 0.4) is 0 Å². The topological polar surface area (TPSA) is 35.5 Å². The van der Waals surface area contributed by atoms with Gasteiger partial charge in [-0.05, 0) is 50.6 Å². The van der Waals surface area contributed by atoms with Gasteiger partial charge in [-0.3, -0.25) is 0 Å². The zero-order chi connectivity index (χ0) is 13.0. The number of aliphatic hydroxyl groups excluding tert-OH is 1. The Kier molecular flexibility index (Phi) is 5.03. The minimum atomic E-state index is -0.304. The second-order valence-electron chi connectivity index (χ2n) is 4.95. The largest absolute Gasteiger partial charge is 0.390 e. The van der Waals surface area contributed by atoms with E-state index in [1.807, 2.05) is 18.2 Å². The molecule has 1 aliphatic heterocycles. The molecule has 1 aromatic rings. The van der Waals surface area contributed by atoms with E-state index in [-0.39, 0.29) is 6.10 Å². The maximum Gasteiger partial charge on any atom is 0.0839 e. The summed E-state index contributed by atoms with van der Waals surface area (Å²) in [5, 5.41) is 13.3. The van der Waals surface area contributed by atoms with E-state index in [9.17, 15) is 5.11 Å². The van der Waals surface area contributed by atoms with Crippen molar-refractivity contribution in [2.45, 2.75) is 25.9 Å². The van der Waals surface area contributed by atoms with Gasteiger partial charge < -0.3 is 15.3 Å². The number of likely N-dealkylation sites (tertiary alicyclic amines) is 1. The SMILES string of the molecule is Cc1c(Br)cccc1NCC(O)CN1CCCC1. The maximum atomic E-state index is 10.0. The summed E-state index contributed by atoms with van der Waals surface area (Å²) in [6.07, 6.45) is 2.23. The highest BCUT2D eigenvalue weighted by atomic mass is 79.9. The van der Waals surface area contributed by atoms with Gasteiger partial charge >= 0.3 is 0 Å². The van der Waals surface area contributed by atoms with Crippen molar-refractivity contribution >= 4 is 21.6 Å². The summed E-state index contributed by atoms with van der Waals surface area (Å²) in [5.74, 6) is 0. The molecule has 1 aliphatic rings. The number of benzene rings is 1. The molecule has 3 nitrogen and oxygen atoms in total. The third-order valence-electron chi connectivity index (χ3n) is 3.46. The van der Waals surface area contributed by atoms with Crippen molar-refractivity contribution < 1.29 is 5.11 Å². The van der Waals surface area contributed by atoms with E-state index < -0.39 is 0 Å². The molecule has 1 heterocycles. The highest BCUT2D eigenvalue weighted by molar-refractivity contribution is 9.10. The van der Waals surface area contributed by atoms with Crippen molar-refractivity contribution in [3.05, 3.63) is 28.2 Å². The Balaban J connectivity index is 1.81. The van der Waals surface area contributed by atoms with Crippen molar-refractivity contribution in [1.82, 2.24) is 4.90 Å². The van der Waals surface area contributed by atoms with Crippen LogP contribution >= 0.6 is 15.9 Å². The van der Waals surface area contributed by atoms with Gasteiger partial charge in [0.1, 0.15) is 0 Å². The Morgan fingerprint density at radius 3 is 2.83 bits per heavy atom. The lowest BCUT2D eigenvalue weighted by atomic mass is 10.2. The highest BCUT2D eigenvalue weighted by Gasteiger charge is 2.15. The van der Waals surface area contributed by atoms with Crippen LogP contribution in [-0.4, -0.2) is 42.3 Å². The molecule has 1 fully saturated rings. The lowest BCUT2D eigenvalue weighted by Crippen LogP contribution is -2.34. The minimum Gasteiger partial charge on any atom is -0.390 e. The van der Waals surface area contributed by atoms with Gasteiger partial charge in [0.05, 0.1) is 6.10 Å². The molecule has 0 saturated carbocycles. The lowest BCUT2D eigenvalue weighted by Gasteiger charge is -2.20. The molecule has 1 atom stereocenters. The van der Waals surface area contributed by atoms with E-state index >= 15 is 0 Å². The van der Waals surface area contributed by atoms with Gasteiger partial charge in [-0.2, -0.15) is 0 Å². The monoisotopic (exact) mass is 312 g/mol. The maximum absolute atomic E-state index is 10.0. The fourth-order valence-electron chi connectivity index (χ4n) is 2.35. The molecule has 0 amide bonds. The van der Waals surface area contributed by atoms with E-state index in [1.165, 1.54) is 18.4 Å². The number of nitrogens with zero attached hydrogens (tertiary/aromatic N) is 1. The van der Waals surface area contributed by atoms with Crippen LogP contribution in [0.1, 0.15) is 18.4 Å². The van der Waals surface area contributed by atoms with Crippen molar-refractivity contribution in [2.24, 2.45) is 0 Å². The number of hydrogen-bond donors (Lipinski definition) is 2. The van der Waals surface area contributed by atoms with Crippen molar-refractivity contribution in [3.63, 3.8) is 0 Å². The van der Waals surface area contributed by atoms with Crippen LogP contribution in [0.4, 0.5) is 5.69 Å². The number of hydrogen-bond acceptors (Lipinski definition) is 3. The Hall–Kier alpha value is -0.580. The van der Waals surface area contributed by atoms with Gasteiger partial charge in [0.15, 0.2) is 0 Å². The molecule has 2 N–H and O–H groups in total. The standard InChI is InChI=1S/C14H21BrN2O/c1-11-13(15)5-4-6-14(11)16-9-12(18)10-17-7-2-3-8-17/h4-6,12,16,18H,2-3,7-10H2,1H3. The molecule has 1 unspecified atom stereocenters. The molecule has 100 valence electrons. The van der Waals surface area contributed by atoms with Gasteiger partial charge in [0.2, 0.25) is 0 Å². The van der Waals surface area contributed by atoms with E-state index in [2.05, 4.69) is 33.1 Å². The minimum absolute atomic E-state index is 0.304. The molecule has 4 heteroatoms. The zero-order valence-corrected chi connectivity index (χ0v) is 12.4. The summed E-state index contributed by atoms with van der Waals surface area (Å²) in [4.78, 5) is 2.33. The smallest absolute Gasteiger partial charge is 0.0839 e. The first kappa shape index (κ1) is 13.8. The number of aliphatic hydroxyl groups is 1. The second kappa shape index (κ2) is 6.55. The predicted octanol–water partition coefficient (Wildman–Crippen LogP) is 2.63. The summed E-state index contributed by atoms with van der Waals surface area (Å²) < 4.78 is 1.10. The molecule has 0 aromatic heterocycles. The van der Waals surface area contributed by atoms with Crippen LogP contribution in [0.15, 0.2) is 22.7 Å². The zero-order valence-electron chi connectivity index (χ0n) is 10.8. The van der Waals surface area contributed by atoms with Crippen LogP contribution < -0.4 is 5.32 Å². The highest BCUT2D eigenvalue weighted by Crippen LogP contribution is 2.23. The normalized spacial score (nSPS) is 17.9. The van der Waals surface area contributed by atoms with Gasteiger partial charge in [0, 0.05) is 23.2 Å². The van der Waals surface area contributed by atoms with Crippen LogP contribution in [0.2, 0.25) is 0 Å². The lowest BCUT2D eigenvalue weighted by molar-refractivity contribution is 0.135. The molecular formula is C14H21BrN2O. The third kappa shape index (κ3) is 3.70. The molecular weight excluding hydrogens is 292 g/mol. The first-order valence-corrected chi connectivity index (χ1v) is 7.35. The summed E-state index contributed by atoms with van der Waals surface area (Å²) in [7, 11) is 0. The van der Waals surface area contributed by atoms with E-state index in [0.717, 1.165) is 29.8 Å². The summed E-state index contributed by atoms with van der Waals surface area (Å²) in [6.45, 7) is 5.72. The molecule has 1 saturated heterocycles. The van der Waals surface area contributed by atoms with Gasteiger partial charge in [-0.25, -0.2) is 0 Å². The predicted molar refractivity (Wildman–Crippen MR) is 79.0 cm³/mol. The van der Waals surface area contributed by atoms with Crippen LogP contribution in [0, 0.1) is 6.92 Å². The number of rotatable bonds is 5. The van der Waals surface area contributed by atoms with E-state index in [1.54, 1.807) is 0 Å². The fraction of sp³-hybridized carbons (Fsp3) is 0.571. The molecule has 2 rings (SSSR count). The van der Waals surface area contributed by atoms with E-state index in [0.29, 0.717) is 6.54 Å². The average molecular weight is 313 g/mol. The Labute approximate surface area is 117 Å². The molecule has 0 radical (unpaired) electrons. The number of β-amino-alcohol motifs (C(OH)–C–C–N with tert-alkyl or cyclic N) is 1. The van der Waals surface area contributed by atoms with Crippen molar-refractivity contribution in [1.29, 1.82) is 0 Å². The average Bonchev–Trinajstić information content (AvgIpc) is 2.84. The van der Waals surface area contributed by atoms with E-state index in [4.69, 9.17) is 0 Å². The van der Waals surface area contributed by atoms with Crippen LogP contribution in [0.25, 0.3) is 0 Å². The number of nitrogens with one attached hydrogen (secondary N) is 1. The Morgan fingerprint density at radius 2 is 2.11 bits per heavy atom. The van der Waals surface area contributed by atoms with Gasteiger partial charge in [0.25, 0.3) is 0 Å². The molecule has 1 aromatic carbocycles. The summed E-state index contributed by atoms with van der Waals surface area (Å²) >= 11 is 3.51. The molecule has 18 heavy (non-hydrogen) atoms. The first-order valence-electron chi connectivity index (χ1n) is 6.56. The van der Waals surface area contributed by atoms with Crippen molar-refractivity contribution in [2.75, 3.05) is 31.5 Å². The molecule has 0 spiro atoms. The molecule has 0 bridgehead atoms. The quantitative estimate of drug-likeness (QED) is 0.877. The Bertz CT molecular complexity index is 391. The summed E-state index contributed by atoms with van der Waals surface area (Å²) in [6, 6.07) is 6.08. The first-order chi connectivity index (χ1) is 8.66.